The van der Waals surface area contributed by atoms with E-state index in [1.54, 1.807) is 17.4 Å². The highest BCUT2D eigenvalue weighted by molar-refractivity contribution is 7.22. The maximum Gasteiger partial charge on any atom is 0.453 e. The third-order valence-electron chi connectivity index (χ3n) is 4.45. The predicted molar refractivity (Wildman–Crippen MR) is 102 cm³/mol. The Morgan fingerprint density at radius 3 is 2.69 bits per heavy atom. The van der Waals surface area contributed by atoms with E-state index < -0.39 is 12.0 Å². The first-order chi connectivity index (χ1) is 14.0. The molecule has 0 aliphatic carbocycles. The molecule has 150 valence electrons. The summed E-state index contributed by atoms with van der Waals surface area (Å²) in [6.45, 7) is 2.96. The van der Waals surface area contributed by atoms with Crippen molar-refractivity contribution < 1.29 is 17.9 Å². The number of nitrogens with one attached hydrogen (secondary N) is 1. The molecule has 12 heteroatoms. The average molecular weight is 421 g/mol. The molecular weight excluding hydrogens is 407 g/mol. The smallest absolute Gasteiger partial charge is 0.378 e. The molecule has 5 rings (SSSR count). The van der Waals surface area contributed by atoms with E-state index >= 15 is 0 Å². The van der Waals surface area contributed by atoms with Crippen LogP contribution in [0.1, 0.15) is 5.82 Å². The fraction of sp³-hybridized carbons (Fsp3) is 0.294. The van der Waals surface area contributed by atoms with Gasteiger partial charge in [-0.2, -0.15) is 17.7 Å². The summed E-state index contributed by atoms with van der Waals surface area (Å²) in [4.78, 5) is 6.84. The van der Waals surface area contributed by atoms with Crippen LogP contribution in [-0.2, 0) is 10.9 Å². The summed E-state index contributed by atoms with van der Waals surface area (Å²) in [6, 6.07) is 8.57. The van der Waals surface area contributed by atoms with Crippen LogP contribution in [0.15, 0.2) is 30.3 Å². The standard InChI is InChI=1S/C17H14F3N7OS/c18-17(19,20)15-24-23-14-4-3-13(25-27(14)15)21-10-1-2-11-12(9-10)29-16(22-11)26-5-7-28-8-6-26/h1-4,9H,5-8H2,(H,21,25). The predicted octanol–water partition coefficient (Wildman–Crippen LogP) is 3.33. The zero-order chi connectivity index (χ0) is 20.0. The molecule has 1 aromatic carbocycles. The number of benzene rings is 1. The Labute approximate surface area is 165 Å². The second-order valence-corrected chi connectivity index (χ2v) is 7.42. The van der Waals surface area contributed by atoms with Crippen LogP contribution in [-0.4, -0.2) is 51.1 Å². The fourth-order valence-electron chi connectivity index (χ4n) is 3.06. The van der Waals surface area contributed by atoms with Crippen molar-refractivity contribution in [1.29, 1.82) is 0 Å². The Hall–Kier alpha value is -2.99. The molecule has 0 bridgehead atoms. The number of aromatic nitrogens is 5. The molecule has 0 unspecified atom stereocenters. The lowest BCUT2D eigenvalue weighted by atomic mass is 10.3. The molecular formula is C17H14F3N7OS. The summed E-state index contributed by atoms with van der Waals surface area (Å²) in [5.41, 5.74) is 1.59. The van der Waals surface area contributed by atoms with Crippen LogP contribution in [0.5, 0.6) is 0 Å². The van der Waals surface area contributed by atoms with E-state index in [0.717, 1.165) is 28.4 Å². The monoisotopic (exact) mass is 421 g/mol. The number of ether oxygens (including phenoxy) is 1. The molecule has 4 heterocycles. The number of thiazole rings is 1. The normalized spacial score (nSPS) is 15.3. The largest absolute Gasteiger partial charge is 0.453 e. The van der Waals surface area contributed by atoms with Crippen LogP contribution in [0.3, 0.4) is 0 Å². The summed E-state index contributed by atoms with van der Waals surface area (Å²) >= 11 is 1.56. The van der Waals surface area contributed by atoms with Crippen molar-refractivity contribution in [3.63, 3.8) is 0 Å². The molecule has 1 aliphatic rings. The lowest BCUT2D eigenvalue weighted by Gasteiger charge is -2.25. The number of alkyl halides is 3. The van der Waals surface area contributed by atoms with Gasteiger partial charge in [-0.1, -0.05) is 11.3 Å². The Bertz CT molecular complexity index is 1180. The minimum Gasteiger partial charge on any atom is -0.378 e. The molecule has 1 saturated heterocycles. The summed E-state index contributed by atoms with van der Waals surface area (Å²) in [7, 11) is 0. The first-order valence-corrected chi connectivity index (χ1v) is 9.59. The number of hydrogen-bond donors (Lipinski definition) is 1. The van der Waals surface area contributed by atoms with Crippen LogP contribution < -0.4 is 10.2 Å². The lowest BCUT2D eigenvalue weighted by Crippen LogP contribution is -2.36. The van der Waals surface area contributed by atoms with Crippen LogP contribution in [0.25, 0.3) is 15.9 Å². The SMILES string of the molecule is FC(F)(F)c1nnc2ccc(Nc3ccc4nc(N5CCOCC5)sc4c3)nn12. The molecule has 1 aliphatic heterocycles. The molecule has 4 aromatic rings. The van der Waals surface area contributed by atoms with E-state index in [0.29, 0.717) is 23.4 Å². The van der Waals surface area contributed by atoms with Gasteiger partial charge in [0, 0.05) is 18.8 Å². The summed E-state index contributed by atoms with van der Waals surface area (Å²) < 4.78 is 46.1. The number of rotatable bonds is 3. The van der Waals surface area contributed by atoms with E-state index in [4.69, 9.17) is 4.74 Å². The van der Waals surface area contributed by atoms with Gasteiger partial charge in [-0.15, -0.1) is 15.3 Å². The number of hydrogen-bond acceptors (Lipinski definition) is 8. The van der Waals surface area contributed by atoms with Gasteiger partial charge in [-0.05, 0) is 30.3 Å². The van der Waals surface area contributed by atoms with Crippen LogP contribution in [0.4, 0.5) is 29.8 Å². The summed E-state index contributed by atoms with van der Waals surface area (Å²) in [5, 5.41) is 14.6. The zero-order valence-corrected chi connectivity index (χ0v) is 15.7. The van der Waals surface area contributed by atoms with E-state index in [2.05, 4.69) is 30.5 Å². The van der Waals surface area contributed by atoms with Crippen molar-refractivity contribution in [2.75, 3.05) is 36.5 Å². The quantitative estimate of drug-likeness (QED) is 0.543. The van der Waals surface area contributed by atoms with Gasteiger partial charge in [0.1, 0.15) is 0 Å². The molecule has 3 aromatic heterocycles. The molecule has 29 heavy (non-hydrogen) atoms. The molecule has 0 atom stereocenters. The van der Waals surface area contributed by atoms with E-state index in [1.807, 2.05) is 18.2 Å². The summed E-state index contributed by atoms with van der Waals surface area (Å²) in [5.74, 6) is -0.913. The lowest BCUT2D eigenvalue weighted by molar-refractivity contribution is -0.146. The second kappa shape index (κ2) is 6.81. The van der Waals surface area contributed by atoms with Gasteiger partial charge in [0.2, 0.25) is 0 Å². The van der Waals surface area contributed by atoms with Crippen LogP contribution in [0, 0.1) is 0 Å². The van der Waals surface area contributed by atoms with Gasteiger partial charge >= 0.3 is 6.18 Å². The molecule has 0 saturated carbocycles. The van der Waals surface area contributed by atoms with Crippen molar-refractivity contribution in [2.24, 2.45) is 0 Å². The topological polar surface area (TPSA) is 80.5 Å². The van der Waals surface area contributed by atoms with E-state index in [-0.39, 0.29) is 11.5 Å². The van der Waals surface area contributed by atoms with E-state index in [1.165, 1.54) is 6.07 Å². The number of morpholine rings is 1. The van der Waals surface area contributed by atoms with Gasteiger partial charge in [-0.3, -0.25) is 0 Å². The van der Waals surface area contributed by atoms with Crippen molar-refractivity contribution >= 4 is 43.8 Å². The number of anilines is 3. The molecule has 8 nitrogen and oxygen atoms in total. The Kier molecular flexibility index (Phi) is 4.24. The van der Waals surface area contributed by atoms with Crippen molar-refractivity contribution in [3.8, 4) is 0 Å². The van der Waals surface area contributed by atoms with Crippen molar-refractivity contribution in [3.05, 3.63) is 36.2 Å². The maximum absolute atomic E-state index is 13.0. The number of nitrogens with zero attached hydrogens (tertiary/aromatic N) is 6. The van der Waals surface area contributed by atoms with Crippen molar-refractivity contribution in [2.45, 2.75) is 6.18 Å². The second-order valence-electron chi connectivity index (χ2n) is 6.41. The molecule has 1 N–H and O–H groups in total. The van der Waals surface area contributed by atoms with Crippen LogP contribution in [0.2, 0.25) is 0 Å². The van der Waals surface area contributed by atoms with E-state index in [9.17, 15) is 13.2 Å². The van der Waals surface area contributed by atoms with Crippen LogP contribution >= 0.6 is 11.3 Å². The number of fused-ring (bicyclic) bond motifs is 2. The van der Waals surface area contributed by atoms with Crippen molar-refractivity contribution in [1.82, 2.24) is 24.8 Å². The zero-order valence-electron chi connectivity index (χ0n) is 14.8. The highest BCUT2D eigenvalue weighted by Crippen LogP contribution is 2.32. The first-order valence-electron chi connectivity index (χ1n) is 8.77. The molecule has 0 spiro atoms. The highest BCUT2D eigenvalue weighted by Gasteiger charge is 2.37. The fourth-order valence-corrected chi connectivity index (χ4v) is 4.12. The third kappa shape index (κ3) is 3.44. The van der Waals surface area contributed by atoms with Gasteiger partial charge < -0.3 is 15.0 Å². The minimum atomic E-state index is -4.64. The van der Waals surface area contributed by atoms with Gasteiger partial charge in [0.25, 0.3) is 5.82 Å². The Morgan fingerprint density at radius 2 is 1.90 bits per heavy atom. The third-order valence-corrected chi connectivity index (χ3v) is 5.53. The first kappa shape index (κ1) is 18.1. The Balaban J connectivity index is 1.43. The maximum atomic E-state index is 13.0. The molecule has 0 amide bonds. The van der Waals surface area contributed by atoms with Gasteiger partial charge in [0.15, 0.2) is 16.6 Å². The minimum absolute atomic E-state index is 0.0240. The van der Waals surface area contributed by atoms with Gasteiger partial charge in [0.05, 0.1) is 23.4 Å². The highest BCUT2D eigenvalue weighted by atomic mass is 32.1. The van der Waals surface area contributed by atoms with Gasteiger partial charge in [-0.25, -0.2) is 4.98 Å². The summed E-state index contributed by atoms with van der Waals surface area (Å²) in [6.07, 6.45) is -4.64. The Morgan fingerprint density at radius 1 is 1.07 bits per heavy atom. The molecule has 1 fully saturated rings. The average Bonchev–Trinajstić information content (AvgIpc) is 3.32. The number of halogens is 3. The molecule has 0 radical (unpaired) electrons.